The fraction of sp³-hybridized carbons (Fsp3) is 0.250. The first-order valence-corrected chi connectivity index (χ1v) is 3.39. The van der Waals surface area contributed by atoms with Gasteiger partial charge in [-0.25, -0.2) is 0 Å². The van der Waals surface area contributed by atoms with Crippen LogP contribution in [0.5, 0.6) is 0 Å². The van der Waals surface area contributed by atoms with E-state index in [0.717, 1.165) is 6.92 Å². The van der Waals surface area contributed by atoms with Gasteiger partial charge < -0.3 is 9.52 Å². The van der Waals surface area contributed by atoms with Crippen LogP contribution in [0.2, 0.25) is 0 Å². The number of hydrogen-bond acceptors (Lipinski definition) is 4. The average Bonchev–Trinajstić information content (AvgIpc) is 2.53. The van der Waals surface area contributed by atoms with E-state index in [1.54, 1.807) is 0 Å². The van der Waals surface area contributed by atoms with Crippen molar-refractivity contribution in [2.24, 2.45) is 0 Å². The third kappa shape index (κ3) is 1.60. The van der Waals surface area contributed by atoms with Crippen molar-refractivity contribution in [2.75, 3.05) is 0 Å². The van der Waals surface area contributed by atoms with Crippen molar-refractivity contribution in [1.29, 1.82) is 0 Å². The maximum atomic E-state index is 11.1. The number of ketones is 2. The summed E-state index contributed by atoms with van der Waals surface area (Å²) in [4.78, 5) is 21.7. The van der Waals surface area contributed by atoms with E-state index in [1.807, 2.05) is 0 Å². The van der Waals surface area contributed by atoms with E-state index in [4.69, 9.17) is 9.52 Å². The highest BCUT2D eigenvalue weighted by atomic mass is 16.3. The number of rotatable bonds is 3. The standard InChI is InChI=1S/C8H8O4/c1-5(9)7(10)8(11)6-3-2-4-12-6/h2-4,7,10H,1H3. The summed E-state index contributed by atoms with van der Waals surface area (Å²) in [7, 11) is 0. The fourth-order valence-electron chi connectivity index (χ4n) is 0.738. The van der Waals surface area contributed by atoms with Crippen LogP contribution < -0.4 is 0 Å². The summed E-state index contributed by atoms with van der Waals surface area (Å²) in [5, 5.41) is 9.01. The second-order valence-corrected chi connectivity index (χ2v) is 2.35. The molecule has 0 spiro atoms. The normalized spacial score (nSPS) is 12.5. The van der Waals surface area contributed by atoms with Gasteiger partial charge in [0.15, 0.2) is 17.6 Å². The Kier molecular flexibility index (Phi) is 2.40. The number of hydrogen-bond donors (Lipinski definition) is 1. The van der Waals surface area contributed by atoms with Crippen molar-refractivity contribution >= 4 is 11.6 Å². The lowest BCUT2D eigenvalue weighted by Crippen LogP contribution is -2.27. The maximum absolute atomic E-state index is 11.1. The van der Waals surface area contributed by atoms with E-state index in [1.165, 1.54) is 18.4 Å². The van der Waals surface area contributed by atoms with Gasteiger partial charge in [0.1, 0.15) is 0 Å². The van der Waals surface area contributed by atoms with Gasteiger partial charge >= 0.3 is 0 Å². The molecule has 0 aliphatic rings. The average molecular weight is 168 g/mol. The lowest BCUT2D eigenvalue weighted by Gasteiger charge is -2.01. The van der Waals surface area contributed by atoms with Crippen molar-refractivity contribution < 1.29 is 19.1 Å². The summed E-state index contributed by atoms with van der Waals surface area (Å²) in [5.41, 5.74) is 0. The molecule has 0 fully saturated rings. The molecule has 1 aromatic rings. The zero-order valence-corrected chi connectivity index (χ0v) is 6.48. The molecule has 1 atom stereocenters. The van der Waals surface area contributed by atoms with Crippen LogP contribution in [0.3, 0.4) is 0 Å². The number of furan rings is 1. The van der Waals surface area contributed by atoms with Crippen molar-refractivity contribution in [1.82, 2.24) is 0 Å². The van der Waals surface area contributed by atoms with Crippen molar-refractivity contribution in [3.63, 3.8) is 0 Å². The number of carbonyl (C=O) groups excluding carboxylic acids is 2. The molecule has 12 heavy (non-hydrogen) atoms. The third-order valence-electron chi connectivity index (χ3n) is 1.40. The van der Waals surface area contributed by atoms with E-state index in [-0.39, 0.29) is 5.76 Å². The van der Waals surface area contributed by atoms with Gasteiger partial charge in [-0.2, -0.15) is 0 Å². The molecule has 0 aromatic carbocycles. The summed E-state index contributed by atoms with van der Waals surface area (Å²) in [5.74, 6) is -1.29. The second-order valence-electron chi connectivity index (χ2n) is 2.35. The predicted octanol–water partition coefficient (Wildman–Crippen LogP) is 0.412. The Labute approximate surface area is 68.8 Å². The first-order valence-electron chi connectivity index (χ1n) is 3.39. The molecular formula is C8H8O4. The monoisotopic (exact) mass is 168 g/mol. The van der Waals surface area contributed by atoms with Gasteiger partial charge in [-0.3, -0.25) is 9.59 Å². The molecule has 0 aliphatic heterocycles. The Morgan fingerprint density at radius 2 is 2.25 bits per heavy atom. The van der Waals surface area contributed by atoms with Gasteiger partial charge in [0.2, 0.25) is 5.78 Å². The molecule has 1 rings (SSSR count). The third-order valence-corrected chi connectivity index (χ3v) is 1.40. The fourth-order valence-corrected chi connectivity index (χ4v) is 0.738. The van der Waals surface area contributed by atoms with Gasteiger partial charge in [0.25, 0.3) is 0 Å². The van der Waals surface area contributed by atoms with Gasteiger partial charge in [-0.1, -0.05) is 0 Å². The Hall–Kier alpha value is -1.42. The van der Waals surface area contributed by atoms with E-state index in [9.17, 15) is 9.59 Å². The van der Waals surface area contributed by atoms with Crippen LogP contribution in [0.1, 0.15) is 17.5 Å². The topological polar surface area (TPSA) is 67.5 Å². The molecule has 0 saturated heterocycles. The van der Waals surface area contributed by atoms with Gasteiger partial charge in [0.05, 0.1) is 6.26 Å². The summed E-state index contributed by atoms with van der Waals surface area (Å²) in [6.45, 7) is 1.14. The summed E-state index contributed by atoms with van der Waals surface area (Å²) >= 11 is 0. The molecule has 1 heterocycles. The van der Waals surface area contributed by atoms with E-state index >= 15 is 0 Å². The van der Waals surface area contributed by atoms with E-state index in [2.05, 4.69) is 0 Å². The lowest BCUT2D eigenvalue weighted by atomic mass is 10.1. The molecule has 64 valence electrons. The van der Waals surface area contributed by atoms with Crippen LogP contribution in [-0.4, -0.2) is 22.8 Å². The summed E-state index contributed by atoms with van der Waals surface area (Å²) in [6, 6.07) is 2.91. The van der Waals surface area contributed by atoms with Crippen LogP contribution in [0.4, 0.5) is 0 Å². The first kappa shape index (κ1) is 8.67. The van der Waals surface area contributed by atoms with Crippen LogP contribution in [-0.2, 0) is 4.79 Å². The number of carbonyl (C=O) groups is 2. The minimum Gasteiger partial charge on any atom is -0.461 e. The van der Waals surface area contributed by atoms with Gasteiger partial charge in [-0.15, -0.1) is 0 Å². The highest BCUT2D eigenvalue weighted by Crippen LogP contribution is 2.04. The minimum absolute atomic E-state index is 0.00213. The van der Waals surface area contributed by atoms with E-state index in [0.29, 0.717) is 0 Å². The molecule has 0 bridgehead atoms. The molecule has 0 radical (unpaired) electrons. The molecule has 1 aromatic heterocycles. The van der Waals surface area contributed by atoms with Crippen LogP contribution in [0, 0.1) is 0 Å². The number of Topliss-reactive ketones (excluding diaryl/α,β-unsaturated/α-hetero) is 2. The Morgan fingerprint density at radius 3 is 2.67 bits per heavy atom. The highest BCUT2D eigenvalue weighted by Gasteiger charge is 2.23. The molecule has 4 nitrogen and oxygen atoms in total. The smallest absolute Gasteiger partial charge is 0.233 e. The number of aliphatic hydroxyl groups is 1. The van der Waals surface area contributed by atoms with Crippen molar-refractivity contribution in [3.05, 3.63) is 24.2 Å². The molecule has 0 saturated carbocycles. The number of aliphatic hydroxyl groups excluding tert-OH is 1. The minimum atomic E-state index is -1.60. The highest BCUT2D eigenvalue weighted by molar-refractivity contribution is 6.10. The molecule has 1 unspecified atom stereocenters. The quantitative estimate of drug-likeness (QED) is 0.524. The zero-order valence-electron chi connectivity index (χ0n) is 6.48. The molecule has 1 N–H and O–H groups in total. The molecule has 0 aliphatic carbocycles. The van der Waals surface area contributed by atoms with Crippen molar-refractivity contribution in [3.8, 4) is 0 Å². The SMILES string of the molecule is CC(=O)C(O)C(=O)c1ccco1. The van der Waals surface area contributed by atoms with Crippen LogP contribution in [0.15, 0.2) is 22.8 Å². The summed E-state index contributed by atoms with van der Waals surface area (Å²) in [6.07, 6.45) is -0.295. The lowest BCUT2D eigenvalue weighted by molar-refractivity contribution is -0.122. The van der Waals surface area contributed by atoms with Gasteiger partial charge in [-0.05, 0) is 19.1 Å². The van der Waals surface area contributed by atoms with Gasteiger partial charge in [0, 0.05) is 0 Å². The Morgan fingerprint density at radius 1 is 1.58 bits per heavy atom. The maximum Gasteiger partial charge on any atom is 0.233 e. The molecule has 4 heteroatoms. The molecule has 0 amide bonds. The van der Waals surface area contributed by atoms with E-state index < -0.39 is 17.7 Å². The van der Waals surface area contributed by atoms with Crippen LogP contribution >= 0.6 is 0 Å². The largest absolute Gasteiger partial charge is 0.461 e. The Bertz CT molecular complexity index is 286. The predicted molar refractivity (Wildman–Crippen MR) is 39.7 cm³/mol. The van der Waals surface area contributed by atoms with Crippen LogP contribution in [0.25, 0.3) is 0 Å². The van der Waals surface area contributed by atoms with Crippen molar-refractivity contribution in [2.45, 2.75) is 13.0 Å². The summed E-state index contributed by atoms with van der Waals surface area (Å²) < 4.78 is 4.70. The first-order chi connectivity index (χ1) is 5.63. The second kappa shape index (κ2) is 3.32. The Balaban J connectivity index is 2.79. The molecular weight excluding hydrogens is 160 g/mol. The zero-order chi connectivity index (χ0) is 9.14.